The first-order chi connectivity index (χ1) is 15.7. The number of carbonyl (C=O) groups excluding carboxylic acids is 2. The highest BCUT2D eigenvalue weighted by Crippen LogP contribution is 2.23. The predicted molar refractivity (Wildman–Crippen MR) is 137 cm³/mol. The van der Waals surface area contributed by atoms with Gasteiger partial charge in [0.05, 0.1) is 0 Å². The van der Waals surface area contributed by atoms with Crippen molar-refractivity contribution in [1.82, 2.24) is 10.2 Å². The Morgan fingerprint density at radius 3 is 2.12 bits per heavy atom. The average molecular weight is 471 g/mol. The lowest BCUT2D eigenvalue weighted by molar-refractivity contribution is -0.141. The molecule has 2 rings (SSSR count). The summed E-state index contributed by atoms with van der Waals surface area (Å²) in [5, 5.41) is 3.66. The number of hydrogen-bond donors (Lipinski definition) is 1. The first-order valence-corrected chi connectivity index (χ1v) is 12.4. The molecule has 4 nitrogen and oxygen atoms in total. The third kappa shape index (κ3) is 8.51. The SMILES string of the molecule is CCCCNC(=O)[C@H](CC)N(Cc1ccc(Cl)cc1)C(=O)CCc1ccc(C(C)(C)C)cc1. The molecular weight excluding hydrogens is 432 g/mol. The summed E-state index contributed by atoms with van der Waals surface area (Å²) in [6.07, 6.45) is 3.52. The van der Waals surface area contributed by atoms with Gasteiger partial charge in [-0.1, -0.05) is 89.0 Å². The normalized spacial score (nSPS) is 12.3. The van der Waals surface area contributed by atoms with E-state index in [1.54, 1.807) is 4.90 Å². The van der Waals surface area contributed by atoms with Gasteiger partial charge < -0.3 is 10.2 Å². The van der Waals surface area contributed by atoms with Crippen molar-refractivity contribution >= 4 is 23.4 Å². The van der Waals surface area contributed by atoms with E-state index in [-0.39, 0.29) is 17.2 Å². The van der Waals surface area contributed by atoms with Crippen molar-refractivity contribution in [2.75, 3.05) is 6.54 Å². The van der Waals surface area contributed by atoms with Crippen molar-refractivity contribution in [3.05, 3.63) is 70.2 Å². The van der Waals surface area contributed by atoms with E-state index in [2.05, 4.69) is 57.3 Å². The number of unbranched alkanes of at least 4 members (excludes halogenated alkanes) is 1. The summed E-state index contributed by atoms with van der Waals surface area (Å²) < 4.78 is 0. The van der Waals surface area contributed by atoms with Crippen LogP contribution in [0.2, 0.25) is 5.02 Å². The van der Waals surface area contributed by atoms with Crippen LogP contribution in [0.3, 0.4) is 0 Å². The van der Waals surface area contributed by atoms with E-state index < -0.39 is 6.04 Å². The van der Waals surface area contributed by atoms with Crippen LogP contribution < -0.4 is 5.32 Å². The first kappa shape index (κ1) is 26.9. The third-order valence-corrected chi connectivity index (χ3v) is 6.18. The van der Waals surface area contributed by atoms with Gasteiger partial charge in [-0.2, -0.15) is 0 Å². The number of nitrogens with zero attached hydrogens (tertiary/aromatic N) is 1. The van der Waals surface area contributed by atoms with Gasteiger partial charge in [0.2, 0.25) is 11.8 Å². The summed E-state index contributed by atoms with van der Waals surface area (Å²) in [5.74, 6) is -0.0925. The number of rotatable bonds is 11. The maximum Gasteiger partial charge on any atom is 0.242 e. The second-order valence-electron chi connectivity index (χ2n) is 9.66. The summed E-state index contributed by atoms with van der Waals surface area (Å²) in [6.45, 7) is 11.6. The summed E-state index contributed by atoms with van der Waals surface area (Å²) in [4.78, 5) is 28.0. The van der Waals surface area contributed by atoms with E-state index in [9.17, 15) is 9.59 Å². The zero-order chi connectivity index (χ0) is 24.4. The van der Waals surface area contributed by atoms with Crippen molar-refractivity contribution in [2.45, 2.75) is 84.7 Å². The Bertz CT molecular complexity index is 886. The van der Waals surface area contributed by atoms with Gasteiger partial charge in [-0.15, -0.1) is 0 Å². The topological polar surface area (TPSA) is 49.4 Å². The van der Waals surface area contributed by atoms with E-state index in [0.717, 1.165) is 24.0 Å². The molecule has 33 heavy (non-hydrogen) atoms. The Morgan fingerprint density at radius 2 is 1.58 bits per heavy atom. The number of amides is 2. The van der Waals surface area contributed by atoms with Crippen molar-refractivity contribution in [3.63, 3.8) is 0 Å². The number of halogens is 1. The fourth-order valence-corrected chi connectivity index (χ4v) is 3.90. The van der Waals surface area contributed by atoms with Crippen LogP contribution in [0.4, 0.5) is 0 Å². The van der Waals surface area contributed by atoms with Crippen molar-refractivity contribution in [3.8, 4) is 0 Å². The van der Waals surface area contributed by atoms with Gasteiger partial charge in [-0.05, 0) is 53.5 Å². The highest BCUT2D eigenvalue weighted by Gasteiger charge is 2.28. The highest BCUT2D eigenvalue weighted by atomic mass is 35.5. The molecule has 0 unspecified atom stereocenters. The summed E-state index contributed by atoms with van der Waals surface area (Å²) in [7, 11) is 0. The van der Waals surface area contributed by atoms with E-state index in [4.69, 9.17) is 11.6 Å². The quantitative estimate of drug-likeness (QED) is 0.392. The molecule has 0 fully saturated rings. The van der Waals surface area contributed by atoms with Crippen LogP contribution in [0.25, 0.3) is 0 Å². The predicted octanol–water partition coefficient (Wildman–Crippen LogP) is 6.29. The molecule has 5 heteroatoms. The Labute approximate surface area is 204 Å². The van der Waals surface area contributed by atoms with Gasteiger partial charge in [0.15, 0.2) is 0 Å². The van der Waals surface area contributed by atoms with Crippen molar-refractivity contribution in [2.24, 2.45) is 0 Å². The minimum atomic E-state index is -0.492. The van der Waals surface area contributed by atoms with Gasteiger partial charge >= 0.3 is 0 Å². The molecular formula is C28H39ClN2O2. The fraction of sp³-hybridized carbons (Fsp3) is 0.500. The molecule has 2 aromatic rings. The molecule has 0 aliphatic rings. The molecule has 1 N–H and O–H groups in total. The highest BCUT2D eigenvalue weighted by molar-refractivity contribution is 6.30. The van der Waals surface area contributed by atoms with Gasteiger partial charge in [-0.3, -0.25) is 9.59 Å². The largest absolute Gasteiger partial charge is 0.354 e. The lowest BCUT2D eigenvalue weighted by atomic mass is 9.86. The van der Waals surface area contributed by atoms with E-state index in [1.165, 1.54) is 5.56 Å². The molecule has 0 aliphatic heterocycles. The molecule has 0 bridgehead atoms. The summed E-state index contributed by atoms with van der Waals surface area (Å²) in [6, 6.07) is 15.5. The van der Waals surface area contributed by atoms with Crippen LogP contribution >= 0.6 is 11.6 Å². The molecule has 0 spiro atoms. The second-order valence-corrected chi connectivity index (χ2v) is 10.1. The molecule has 2 amide bonds. The lowest BCUT2D eigenvalue weighted by Crippen LogP contribution is -2.49. The maximum absolute atomic E-state index is 13.4. The standard InChI is InChI=1S/C28H39ClN2O2/c1-6-8-19-30-27(33)25(7-2)31(20-22-11-16-24(29)17-12-22)26(32)18-13-21-9-14-23(15-10-21)28(3,4)5/h9-12,14-17,25H,6-8,13,18-20H2,1-5H3,(H,30,33)/t25-/m0/s1. The molecule has 2 aromatic carbocycles. The van der Waals surface area contributed by atoms with E-state index in [1.807, 2.05) is 31.2 Å². The number of aryl methyl sites for hydroxylation is 1. The average Bonchev–Trinajstić information content (AvgIpc) is 2.78. The van der Waals surface area contributed by atoms with Gasteiger partial charge in [-0.25, -0.2) is 0 Å². The maximum atomic E-state index is 13.4. The zero-order valence-electron chi connectivity index (χ0n) is 20.8. The van der Waals surface area contributed by atoms with Crippen LogP contribution in [0.1, 0.15) is 77.0 Å². The Kier molecular flexibility index (Phi) is 10.4. The fourth-order valence-electron chi connectivity index (χ4n) is 3.78. The van der Waals surface area contributed by atoms with Crippen LogP contribution in [-0.2, 0) is 28.0 Å². The number of carbonyl (C=O) groups is 2. The number of benzene rings is 2. The minimum Gasteiger partial charge on any atom is -0.354 e. The Balaban J connectivity index is 2.15. The monoisotopic (exact) mass is 470 g/mol. The van der Waals surface area contributed by atoms with Crippen LogP contribution in [0.5, 0.6) is 0 Å². The van der Waals surface area contributed by atoms with Gasteiger partial charge in [0, 0.05) is 24.5 Å². The third-order valence-electron chi connectivity index (χ3n) is 5.93. The summed E-state index contributed by atoms with van der Waals surface area (Å²) >= 11 is 6.03. The smallest absolute Gasteiger partial charge is 0.242 e. The van der Waals surface area contributed by atoms with Crippen LogP contribution in [0, 0.1) is 0 Å². The van der Waals surface area contributed by atoms with Crippen molar-refractivity contribution in [1.29, 1.82) is 0 Å². The first-order valence-electron chi connectivity index (χ1n) is 12.1. The van der Waals surface area contributed by atoms with Crippen LogP contribution in [-0.4, -0.2) is 29.3 Å². The van der Waals surface area contributed by atoms with Crippen molar-refractivity contribution < 1.29 is 9.59 Å². The lowest BCUT2D eigenvalue weighted by Gasteiger charge is -2.31. The Morgan fingerprint density at radius 1 is 0.970 bits per heavy atom. The molecule has 0 heterocycles. The van der Waals surface area contributed by atoms with E-state index in [0.29, 0.717) is 37.4 Å². The van der Waals surface area contributed by atoms with Gasteiger partial charge in [0.1, 0.15) is 6.04 Å². The molecule has 0 saturated carbocycles. The van der Waals surface area contributed by atoms with Crippen LogP contribution in [0.15, 0.2) is 48.5 Å². The molecule has 0 saturated heterocycles. The molecule has 1 atom stereocenters. The molecule has 180 valence electrons. The number of nitrogens with one attached hydrogen (secondary N) is 1. The Hall–Kier alpha value is -2.33. The summed E-state index contributed by atoms with van der Waals surface area (Å²) in [5.41, 5.74) is 3.46. The minimum absolute atomic E-state index is 0.0117. The zero-order valence-corrected chi connectivity index (χ0v) is 21.5. The second kappa shape index (κ2) is 12.8. The molecule has 0 radical (unpaired) electrons. The van der Waals surface area contributed by atoms with E-state index >= 15 is 0 Å². The number of hydrogen-bond acceptors (Lipinski definition) is 2. The van der Waals surface area contributed by atoms with Gasteiger partial charge in [0.25, 0.3) is 0 Å². The molecule has 0 aliphatic carbocycles. The molecule has 0 aromatic heterocycles.